The van der Waals surface area contributed by atoms with Crippen molar-refractivity contribution in [3.63, 3.8) is 0 Å². The van der Waals surface area contributed by atoms with E-state index in [1.54, 1.807) is 0 Å². The number of hydrogen-bond acceptors (Lipinski definition) is 4. The predicted molar refractivity (Wildman–Crippen MR) is 56.0 cm³/mol. The van der Waals surface area contributed by atoms with Crippen molar-refractivity contribution in [2.45, 2.75) is 5.51 Å². The van der Waals surface area contributed by atoms with Gasteiger partial charge in [0.05, 0.1) is 11.6 Å². The van der Waals surface area contributed by atoms with Crippen LogP contribution in [0.1, 0.15) is 5.56 Å². The molecule has 0 unspecified atom stereocenters. The molecule has 0 spiro atoms. The number of hydrogen-bond donors (Lipinski definition) is 1. The molecule has 0 amide bonds. The molecule has 1 aromatic heterocycles. The van der Waals surface area contributed by atoms with E-state index in [1.165, 1.54) is 18.3 Å². The fraction of sp³-hybridized carbons (Fsp3) is 0.333. The van der Waals surface area contributed by atoms with Crippen molar-refractivity contribution in [2.24, 2.45) is 0 Å². The molecule has 86 valence electrons. The molecule has 1 heterocycles. The van der Waals surface area contributed by atoms with Crippen LogP contribution in [0.4, 0.5) is 19.0 Å². The van der Waals surface area contributed by atoms with E-state index in [4.69, 9.17) is 5.26 Å². The summed E-state index contributed by atoms with van der Waals surface area (Å²) in [6.45, 7) is 0.145. The molecule has 0 aliphatic carbocycles. The summed E-state index contributed by atoms with van der Waals surface area (Å²) in [7, 11) is 0. The zero-order chi connectivity index (χ0) is 12.0. The molecule has 1 N–H and O–H groups in total. The van der Waals surface area contributed by atoms with Crippen LogP contribution in [0.5, 0.6) is 0 Å². The van der Waals surface area contributed by atoms with Crippen molar-refractivity contribution >= 4 is 17.6 Å². The first-order chi connectivity index (χ1) is 7.51. The number of alkyl halides is 3. The number of thioether (sulfide) groups is 1. The van der Waals surface area contributed by atoms with Crippen molar-refractivity contribution in [1.29, 1.82) is 5.26 Å². The lowest BCUT2D eigenvalue weighted by molar-refractivity contribution is -0.0327. The van der Waals surface area contributed by atoms with Crippen LogP contribution in [-0.4, -0.2) is 22.8 Å². The Hall–Kier alpha value is -1.42. The lowest BCUT2D eigenvalue weighted by Crippen LogP contribution is -2.10. The summed E-state index contributed by atoms with van der Waals surface area (Å²) in [4.78, 5) is 3.87. The SMILES string of the molecule is N#Cc1ccnc(NCCSC(F)(F)F)c1. The highest BCUT2D eigenvalue weighted by Crippen LogP contribution is 2.29. The minimum atomic E-state index is -4.20. The molecule has 0 bridgehead atoms. The first kappa shape index (κ1) is 12.6. The second-order valence-corrected chi connectivity index (χ2v) is 3.92. The monoisotopic (exact) mass is 247 g/mol. The Labute approximate surface area is 94.7 Å². The van der Waals surface area contributed by atoms with E-state index in [0.717, 1.165) is 0 Å². The molecule has 0 radical (unpaired) electrons. The second-order valence-electron chi connectivity index (χ2n) is 2.76. The van der Waals surface area contributed by atoms with Crippen LogP contribution in [0.3, 0.4) is 0 Å². The zero-order valence-electron chi connectivity index (χ0n) is 8.08. The van der Waals surface area contributed by atoms with Gasteiger partial charge in [-0.25, -0.2) is 4.98 Å². The largest absolute Gasteiger partial charge is 0.441 e. The fourth-order valence-electron chi connectivity index (χ4n) is 0.943. The molecule has 0 aliphatic rings. The van der Waals surface area contributed by atoms with Crippen molar-refractivity contribution in [3.05, 3.63) is 23.9 Å². The van der Waals surface area contributed by atoms with Gasteiger partial charge >= 0.3 is 5.51 Å². The first-order valence-corrected chi connectivity index (χ1v) is 5.30. The smallest absolute Gasteiger partial charge is 0.369 e. The number of halogens is 3. The van der Waals surface area contributed by atoms with Crippen LogP contribution in [0, 0.1) is 11.3 Å². The predicted octanol–water partition coefficient (Wildman–Crippen LogP) is 2.62. The van der Waals surface area contributed by atoms with Gasteiger partial charge in [0.2, 0.25) is 0 Å². The number of nitrogens with one attached hydrogen (secondary N) is 1. The molecular weight excluding hydrogens is 239 g/mol. The lowest BCUT2D eigenvalue weighted by atomic mass is 10.3. The lowest BCUT2D eigenvalue weighted by Gasteiger charge is -2.07. The minimum Gasteiger partial charge on any atom is -0.369 e. The molecule has 0 aliphatic heterocycles. The highest BCUT2D eigenvalue weighted by Gasteiger charge is 2.27. The molecule has 1 aromatic rings. The molecule has 0 saturated carbocycles. The Bertz CT molecular complexity index is 386. The molecule has 0 atom stereocenters. The van der Waals surface area contributed by atoms with Crippen LogP contribution in [0.25, 0.3) is 0 Å². The highest BCUT2D eigenvalue weighted by atomic mass is 32.2. The summed E-state index contributed by atoms with van der Waals surface area (Å²) in [6, 6.07) is 4.92. The molecular formula is C9H8F3N3S. The summed E-state index contributed by atoms with van der Waals surface area (Å²) in [5.41, 5.74) is -3.79. The third kappa shape index (κ3) is 4.89. The summed E-state index contributed by atoms with van der Waals surface area (Å²) in [5.74, 6) is 0.309. The maximum absolute atomic E-state index is 11.8. The number of rotatable bonds is 4. The molecule has 0 saturated heterocycles. The van der Waals surface area contributed by atoms with E-state index in [0.29, 0.717) is 11.4 Å². The maximum atomic E-state index is 11.8. The van der Waals surface area contributed by atoms with Gasteiger partial charge in [0, 0.05) is 18.5 Å². The van der Waals surface area contributed by atoms with Crippen molar-refractivity contribution in [2.75, 3.05) is 17.6 Å². The Kier molecular flexibility index (Phi) is 4.43. The Morgan fingerprint density at radius 2 is 2.25 bits per heavy atom. The summed E-state index contributed by atoms with van der Waals surface area (Å²) in [5, 5.41) is 11.3. The van der Waals surface area contributed by atoms with Gasteiger partial charge in [0.15, 0.2) is 0 Å². The van der Waals surface area contributed by atoms with Crippen molar-refractivity contribution < 1.29 is 13.2 Å². The first-order valence-electron chi connectivity index (χ1n) is 4.32. The van der Waals surface area contributed by atoms with E-state index < -0.39 is 5.51 Å². The minimum absolute atomic E-state index is 0.0925. The molecule has 3 nitrogen and oxygen atoms in total. The molecule has 0 aromatic carbocycles. The number of aromatic nitrogens is 1. The fourth-order valence-corrected chi connectivity index (χ4v) is 1.38. The van der Waals surface area contributed by atoms with E-state index in [-0.39, 0.29) is 24.1 Å². The van der Waals surface area contributed by atoms with E-state index >= 15 is 0 Å². The number of anilines is 1. The average Bonchev–Trinajstić information content (AvgIpc) is 2.23. The Morgan fingerprint density at radius 3 is 2.88 bits per heavy atom. The van der Waals surface area contributed by atoms with Crippen LogP contribution in [0.2, 0.25) is 0 Å². The molecule has 0 fully saturated rings. The third-order valence-corrected chi connectivity index (χ3v) is 2.30. The van der Waals surface area contributed by atoms with E-state index in [2.05, 4.69) is 10.3 Å². The second kappa shape index (κ2) is 5.61. The number of pyridine rings is 1. The van der Waals surface area contributed by atoms with Crippen molar-refractivity contribution in [1.82, 2.24) is 4.98 Å². The Balaban J connectivity index is 2.35. The topological polar surface area (TPSA) is 48.7 Å². The van der Waals surface area contributed by atoms with Gasteiger partial charge in [-0.3, -0.25) is 0 Å². The van der Waals surface area contributed by atoms with Crippen LogP contribution in [-0.2, 0) is 0 Å². The molecule has 1 rings (SSSR count). The van der Waals surface area contributed by atoms with E-state index in [9.17, 15) is 13.2 Å². The van der Waals surface area contributed by atoms with Gasteiger partial charge in [-0.15, -0.1) is 0 Å². The third-order valence-electron chi connectivity index (χ3n) is 1.56. The quantitative estimate of drug-likeness (QED) is 0.831. The molecule has 16 heavy (non-hydrogen) atoms. The standard InChI is InChI=1S/C9H8F3N3S/c10-9(11,12)16-4-3-15-8-5-7(6-13)1-2-14-8/h1-2,5H,3-4H2,(H,14,15). The van der Waals surface area contributed by atoms with Gasteiger partial charge in [0.1, 0.15) is 5.82 Å². The van der Waals surface area contributed by atoms with Crippen LogP contribution in [0.15, 0.2) is 18.3 Å². The number of nitriles is 1. The average molecular weight is 247 g/mol. The normalized spacial score (nSPS) is 10.9. The van der Waals surface area contributed by atoms with Crippen LogP contribution >= 0.6 is 11.8 Å². The maximum Gasteiger partial charge on any atom is 0.441 e. The van der Waals surface area contributed by atoms with Gasteiger partial charge in [0.25, 0.3) is 0 Å². The van der Waals surface area contributed by atoms with Gasteiger partial charge in [-0.05, 0) is 23.9 Å². The Morgan fingerprint density at radius 1 is 1.50 bits per heavy atom. The highest BCUT2D eigenvalue weighted by molar-refractivity contribution is 8.00. The van der Waals surface area contributed by atoms with Crippen molar-refractivity contribution in [3.8, 4) is 6.07 Å². The zero-order valence-corrected chi connectivity index (χ0v) is 8.90. The number of nitrogens with zero attached hydrogens (tertiary/aromatic N) is 2. The van der Waals surface area contributed by atoms with Crippen LogP contribution < -0.4 is 5.32 Å². The summed E-state index contributed by atoms with van der Waals surface area (Å²) < 4.78 is 35.3. The summed E-state index contributed by atoms with van der Waals surface area (Å²) >= 11 is -0.0925. The molecule has 7 heteroatoms. The van der Waals surface area contributed by atoms with E-state index in [1.807, 2.05) is 6.07 Å². The van der Waals surface area contributed by atoms with Gasteiger partial charge < -0.3 is 5.32 Å². The summed E-state index contributed by atoms with van der Waals surface area (Å²) in [6.07, 6.45) is 1.43. The van der Waals surface area contributed by atoms with Gasteiger partial charge in [-0.2, -0.15) is 18.4 Å². The van der Waals surface area contributed by atoms with Gasteiger partial charge in [-0.1, -0.05) is 0 Å².